The molecule has 0 saturated heterocycles. The molecule has 0 unspecified atom stereocenters. The zero-order valence-electron chi connectivity index (χ0n) is 28.9. The van der Waals surface area contributed by atoms with Crippen LogP contribution in [0.2, 0.25) is 0 Å². The van der Waals surface area contributed by atoms with E-state index in [0.29, 0.717) is 26.9 Å². The predicted octanol–water partition coefficient (Wildman–Crippen LogP) is 7.00. The van der Waals surface area contributed by atoms with E-state index in [-0.39, 0.29) is 24.2 Å². The zero-order chi connectivity index (χ0) is 37.9. The van der Waals surface area contributed by atoms with E-state index in [4.69, 9.17) is 4.74 Å². The molecule has 0 aliphatic carbocycles. The second-order valence-electron chi connectivity index (χ2n) is 13.3. The Hall–Kier alpha value is -4.91. The van der Waals surface area contributed by atoms with Crippen LogP contribution < -0.4 is 20.9 Å². The van der Waals surface area contributed by atoms with Gasteiger partial charge in [0.1, 0.15) is 17.5 Å². The quantitative estimate of drug-likeness (QED) is 0.143. The largest absolute Gasteiger partial charge is 0.497 e. The third kappa shape index (κ3) is 8.88. The number of rotatable bonds is 12. The van der Waals surface area contributed by atoms with Gasteiger partial charge in [-0.1, -0.05) is 48.5 Å². The number of nitrogens with one attached hydrogen (secondary N) is 2. The molecule has 0 aliphatic rings. The molecule has 1 aromatic heterocycles. The standard InChI is InChI=1S/C38H39BrF3N3O6/c1-22-29(39)21-45(20-24-9-17-28(51-6)18-10-24)33(47)31(22)44-32(46)30(19-23-7-11-26(12-8-23)37(4,5)35(49)50)43-34(48)36(2,3)25-13-15-27(16-14-25)38(40,41)42/h7-18,21,30H,19-20H2,1-6H3,(H,43,48)(H,44,46)(H,49,50)/t30-/m0/s1. The molecule has 9 nitrogen and oxygen atoms in total. The Balaban J connectivity index is 1.67. The number of anilines is 1. The number of hydrogen-bond donors (Lipinski definition) is 3. The molecule has 1 heterocycles. The molecule has 3 N–H and O–H groups in total. The maximum atomic E-state index is 14.0. The van der Waals surface area contributed by atoms with Crippen LogP contribution in [0.5, 0.6) is 5.75 Å². The fourth-order valence-electron chi connectivity index (χ4n) is 5.29. The average molecular weight is 771 g/mol. The lowest BCUT2D eigenvalue weighted by atomic mass is 9.82. The number of carboxylic acid groups (broad SMARTS) is 1. The molecule has 0 radical (unpaired) electrons. The summed E-state index contributed by atoms with van der Waals surface area (Å²) in [4.78, 5) is 53.3. The summed E-state index contributed by atoms with van der Waals surface area (Å²) in [5, 5.41) is 15.1. The first kappa shape index (κ1) is 38.9. The Labute approximate surface area is 302 Å². The van der Waals surface area contributed by atoms with Gasteiger partial charge in [0.2, 0.25) is 11.8 Å². The van der Waals surface area contributed by atoms with Gasteiger partial charge >= 0.3 is 12.1 Å². The van der Waals surface area contributed by atoms with E-state index in [1.165, 1.54) is 30.5 Å². The Morgan fingerprint density at radius 2 is 1.35 bits per heavy atom. The van der Waals surface area contributed by atoms with E-state index < -0.39 is 52.0 Å². The second kappa shape index (κ2) is 15.1. The van der Waals surface area contributed by atoms with Crippen LogP contribution in [-0.4, -0.2) is 40.6 Å². The van der Waals surface area contributed by atoms with Gasteiger partial charge in [0, 0.05) is 17.1 Å². The van der Waals surface area contributed by atoms with Crippen molar-refractivity contribution in [2.75, 3.05) is 12.4 Å². The van der Waals surface area contributed by atoms with E-state index in [1.54, 1.807) is 70.5 Å². The molecule has 4 rings (SSSR count). The molecule has 0 saturated carbocycles. The maximum absolute atomic E-state index is 14.0. The first-order valence-electron chi connectivity index (χ1n) is 15.9. The fraction of sp³-hybridized carbons (Fsp3) is 0.316. The Kier molecular flexibility index (Phi) is 11.5. The molecule has 0 aliphatic heterocycles. The topological polar surface area (TPSA) is 127 Å². The van der Waals surface area contributed by atoms with Crippen molar-refractivity contribution in [1.29, 1.82) is 0 Å². The molecule has 0 spiro atoms. The van der Waals surface area contributed by atoms with Crippen LogP contribution in [-0.2, 0) is 44.4 Å². The fourth-order valence-corrected chi connectivity index (χ4v) is 5.74. The van der Waals surface area contributed by atoms with E-state index in [0.717, 1.165) is 17.7 Å². The van der Waals surface area contributed by atoms with Crippen LogP contribution in [0.25, 0.3) is 0 Å². The number of carbonyl (C=O) groups excluding carboxylic acids is 2. The predicted molar refractivity (Wildman–Crippen MR) is 191 cm³/mol. The number of hydrogen-bond acceptors (Lipinski definition) is 5. The number of carbonyl (C=O) groups is 3. The van der Waals surface area contributed by atoms with Crippen molar-refractivity contribution < 1.29 is 37.4 Å². The van der Waals surface area contributed by atoms with Crippen LogP contribution in [0.3, 0.4) is 0 Å². The van der Waals surface area contributed by atoms with Crippen molar-refractivity contribution in [2.24, 2.45) is 0 Å². The lowest BCUT2D eigenvalue weighted by molar-refractivity contribution is -0.142. The Morgan fingerprint density at radius 3 is 1.88 bits per heavy atom. The number of halogens is 4. The van der Waals surface area contributed by atoms with Gasteiger partial charge in [-0.2, -0.15) is 13.2 Å². The average Bonchev–Trinajstić information content (AvgIpc) is 3.08. The summed E-state index contributed by atoms with van der Waals surface area (Å²) in [5.41, 5.74) is -1.27. The van der Waals surface area contributed by atoms with Crippen LogP contribution in [0, 0.1) is 6.92 Å². The van der Waals surface area contributed by atoms with Gasteiger partial charge in [0.15, 0.2) is 0 Å². The minimum Gasteiger partial charge on any atom is -0.497 e. The van der Waals surface area contributed by atoms with Gasteiger partial charge in [-0.25, -0.2) is 0 Å². The van der Waals surface area contributed by atoms with E-state index in [1.807, 2.05) is 12.1 Å². The summed E-state index contributed by atoms with van der Waals surface area (Å²) in [5.74, 6) is -1.73. The van der Waals surface area contributed by atoms with E-state index >= 15 is 0 Å². The highest BCUT2D eigenvalue weighted by molar-refractivity contribution is 9.10. The van der Waals surface area contributed by atoms with Crippen molar-refractivity contribution in [3.63, 3.8) is 0 Å². The molecule has 0 fully saturated rings. The number of pyridine rings is 1. The molecule has 1 atom stereocenters. The number of alkyl halides is 3. The van der Waals surface area contributed by atoms with Crippen LogP contribution >= 0.6 is 15.9 Å². The first-order chi connectivity index (χ1) is 23.7. The number of ether oxygens (including phenoxy) is 1. The summed E-state index contributed by atoms with van der Waals surface area (Å²) >= 11 is 3.48. The molecule has 13 heteroatoms. The van der Waals surface area contributed by atoms with Gasteiger partial charge in [-0.3, -0.25) is 19.2 Å². The zero-order valence-corrected chi connectivity index (χ0v) is 30.5. The third-order valence-electron chi connectivity index (χ3n) is 9.01. The smallest absolute Gasteiger partial charge is 0.416 e. The summed E-state index contributed by atoms with van der Waals surface area (Å²) < 4.78 is 46.8. The van der Waals surface area contributed by atoms with Gasteiger partial charge in [0.05, 0.1) is 30.0 Å². The molecular formula is C38H39BrF3N3O6. The monoisotopic (exact) mass is 769 g/mol. The second-order valence-corrected chi connectivity index (χ2v) is 14.2. The van der Waals surface area contributed by atoms with Gasteiger partial charge < -0.3 is 25.0 Å². The highest BCUT2D eigenvalue weighted by Crippen LogP contribution is 2.32. The number of aromatic nitrogens is 1. The van der Waals surface area contributed by atoms with Gasteiger partial charge in [-0.05, 0) is 103 Å². The number of aliphatic carboxylic acids is 1. The minimum absolute atomic E-state index is 0.0114. The summed E-state index contributed by atoms with van der Waals surface area (Å²) in [6.07, 6.45) is -2.99. The Morgan fingerprint density at radius 1 is 0.843 bits per heavy atom. The van der Waals surface area contributed by atoms with Crippen molar-refractivity contribution in [3.8, 4) is 5.75 Å². The minimum atomic E-state index is -4.55. The van der Waals surface area contributed by atoms with E-state index in [2.05, 4.69) is 26.6 Å². The lowest BCUT2D eigenvalue weighted by Gasteiger charge is -2.28. The van der Waals surface area contributed by atoms with Crippen LogP contribution in [0.4, 0.5) is 18.9 Å². The highest BCUT2D eigenvalue weighted by Gasteiger charge is 2.36. The normalized spacial score (nSPS) is 12.6. The first-order valence-corrected chi connectivity index (χ1v) is 16.7. The molecule has 2 amide bonds. The summed E-state index contributed by atoms with van der Waals surface area (Å²) in [6, 6.07) is 16.7. The third-order valence-corrected chi connectivity index (χ3v) is 9.81. The SMILES string of the molecule is COc1ccc(Cn2cc(Br)c(C)c(NC(=O)[C@H](Cc3ccc(C(C)(C)C(=O)O)cc3)NC(=O)C(C)(C)c3ccc(C(F)(F)F)cc3)c2=O)cc1. The molecule has 0 bridgehead atoms. The number of benzene rings is 3. The van der Waals surface area contributed by atoms with Crippen molar-refractivity contribution >= 4 is 39.4 Å². The molecular weight excluding hydrogens is 731 g/mol. The van der Waals surface area contributed by atoms with Crippen molar-refractivity contribution in [3.05, 3.63) is 127 Å². The maximum Gasteiger partial charge on any atom is 0.416 e. The van der Waals surface area contributed by atoms with Crippen LogP contribution in [0.15, 0.2) is 88.3 Å². The number of amides is 2. The molecule has 3 aromatic carbocycles. The number of nitrogens with zero attached hydrogens (tertiary/aromatic N) is 1. The Bertz CT molecular complexity index is 1970. The lowest BCUT2D eigenvalue weighted by Crippen LogP contribution is -2.51. The highest BCUT2D eigenvalue weighted by atomic mass is 79.9. The molecule has 51 heavy (non-hydrogen) atoms. The van der Waals surface area contributed by atoms with Crippen molar-refractivity contribution in [2.45, 2.75) is 70.6 Å². The van der Waals surface area contributed by atoms with Crippen LogP contribution in [0.1, 0.15) is 61.1 Å². The van der Waals surface area contributed by atoms with Gasteiger partial charge in [0.25, 0.3) is 5.56 Å². The summed E-state index contributed by atoms with van der Waals surface area (Å²) in [6.45, 7) is 8.02. The molecule has 270 valence electrons. The summed E-state index contributed by atoms with van der Waals surface area (Å²) in [7, 11) is 1.55. The number of carboxylic acids is 1. The van der Waals surface area contributed by atoms with Gasteiger partial charge in [-0.15, -0.1) is 0 Å². The number of methoxy groups -OCH3 is 1. The van der Waals surface area contributed by atoms with E-state index in [9.17, 15) is 37.5 Å². The van der Waals surface area contributed by atoms with Crippen molar-refractivity contribution in [1.82, 2.24) is 9.88 Å². The molecule has 4 aromatic rings.